The van der Waals surface area contributed by atoms with E-state index in [-0.39, 0.29) is 11.9 Å². The lowest BCUT2D eigenvalue weighted by Gasteiger charge is -2.25. The topological polar surface area (TPSA) is 51.0 Å². The van der Waals surface area contributed by atoms with Crippen molar-refractivity contribution in [1.29, 1.82) is 0 Å². The molecule has 0 radical (unpaired) electrons. The van der Waals surface area contributed by atoms with Gasteiger partial charge in [-0.3, -0.25) is 9.36 Å². The molecule has 1 saturated heterocycles. The van der Waals surface area contributed by atoms with E-state index in [1.807, 2.05) is 59.0 Å². The molecule has 0 aliphatic carbocycles. The first kappa shape index (κ1) is 18.4. The number of amides is 1. The predicted molar refractivity (Wildman–Crippen MR) is 109 cm³/mol. The smallest absolute Gasteiger partial charge is 0.223 e. The number of carbonyl (C=O) groups is 1. The number of nitrogens with zero attached hydrogens (tertiary/aromatic N) is 4. The van der Waals surface area contributed by atoms with Crippen molar-refractivity contribution in [1.82, 2.24) is 19.4 Å². The van der Waals surface area contributed by atoms with Crippen molar-refractivity contribution in [2.24, 2.45) is 0 Å². The van der Waals surface area contributed by atoms with E-state index in [0.717, 1.165) is 49.6 Å². The summed E-state index contributed by atoms with van der Waals surface area (Å²) in [6.07, 6.45) is 8.12. The number of hydrogen-bond donors (Lipinski definition) is 0. The number of benzene rings is 1. The van der Waals surface area contributed by atoms with Crippen molar-refractivity contribution in [3.63, 3.8) is 0 Å². The lowest BCUT2D eigenvalue weighted by molar-refractivity contribution is -0.132. The lowest BCUT2D eigenvalue weighted by Crippen LogP contribution is -2.31. The van der Waals surface area contributed by atoms with Gasteiger partial charge in [0.25, 0.3) is 0 Å². The summed E-state index contributed by atoms with van der Waals surface area (Å²) in [5.41, 5.74) is 2.26. The third kappa shape index (κ3) is 3.98. The maximum absolute atomic E-state index is 12.9. The third-order valence-corrected chi connectivity index (χ3v) is 5.44. The monoisotopic (exact) mass is 374 g/mol. The summed E-state index contributed by atoms with van der Waals surface area (Å²) in [6.45, 7) is 2.79. The molecule has 4 rings (SSSR count). The summed E-state index contributed by atoms with van der Waals surface area (Å²) in [5, 5.41) is 0. The fraction of sp³-hybridized carbons (Fsp3) is 0.348. The Kier molecular flexibility index (Phi) is 5.51. The Hall–Kier alpha value is -2.95. The quantitative estimate of drug-likeness (QED) is 0.648. The van der Waals surface area contributed by atoms with Crippen LogP contribution in [0.25, 0.3) is 5.82 Å². The molecule has 1 aliphatic heterocycles. The molecule has 0 spiro atoms. The predicted octanol–water partition coefficient (Wildman–Crippen LogP) is 4.26. The van der Waals surface area contributed by atoms with Gasteiger partial charge in [0.05, 0.1) is 11.7 Å². The van der Waals surface area contributed by atoms with Crippen LogP contribution < -0.4 is 0 Å². The Balaban J connectivity index is 1.43. The number of hydrogen-bond acceptors (Lipinski definition) is 3. The van der Waals surface area contributed by atoms with Crippen molar-refractivity contribution in [3.8, 4) is 5.82 Å². The fourth-order valence-electron chi connectivity index (χ4n) is 3.98. The molecule has 1 unspecified atom stereocenters. The Morgan fingerprint density at radius 1 is 1.14 bits per heavy atom. The number of pyridine rings is 1. The summed E-state index contributed by atoms with van der Waals surface area (Å²) < 4.78 is 1.98. The van der Waals surface area contributed by atoms with Crippen LogP contribution in [-0.2, 0) is 11.2 Å². The van der Waals surface area contributed by atoms with Crippen molar-refractivity contribution < 1.29 is 4.79 Å². The zero-order valence-corrected chi connectivity index (χ0v) is 16.3. The minimum atomic E-state index is 0.0769. The van der Waals surface area contributed by atoms with Crippen molar-refractivity contribution in [3.05, 3.63) is 78.0 Å². The summed E-state index contributed by atoms with van der Waals surface area (Å²) in [7, 11) is 0. The Morgan fingerprint density at radius 2 is 2.00 bits per heavy atom. The molecule has 3 heterocycles. The van der Waals surface area contributed by atoms with Crippen LogP contribution in [0, 0.1) is 6.92 Å². The average Bonchev–Trinajstić information content (AvgIpc) is 3.38. The zero-order valence-electron chi connectivity index (χ0n) is 16.3. The zero-order chi connectivity index (χ0) is 19.3. The molecule has 144 valence electrons. The first-order valence-electron chi connectivity index (χ1n) is 10.0. The van der Waals surface area contributed by atoms with Crippen LogP contribution in [0.15, 0.2) is 60.9 Å². The molecule has 1 amide bonds. The van der Waals surface area contributed by atoms with Crippen molar-refractivity contribution in [2.75, 3.05) is 6.54 Å². The van der Waals surface area contributed by atoms with E-state index < -0.39 is 0 Å². The van der Waals surface area contributed by atoms with Gasteiger partial charge >= 0.3 is 0 Å². The molecular weight excluding hydrogens is 348 g/mol. The summed E-state index contributed by atoms with van der Waals surface area (Å²) in [6, 6.07) is 16.5. The van der Waals surface area contributed by atoms with Crippen LogP contribution in [0.4, 0.5) is 0 Å². The van der Waals surface area contributed by atoms with Gasteiger partial charge in [-0.15, -0.1) is 0 Å². The number of carbonyl (C=O) groups excluding carboxylic acids is 1. The molecular formula is C23H26N4O. The standard InChI is InChI=1S/C23H26N4O/c1-18-24-15-17-26(18)22-13-6-11-20(25-22)21-12-7-16-27(21)23(28)14-5-10-19-8-3-2-4-9-19/h2-4,6,8-9,11,13,15,17,21H,5,7,10,12,14,16H2,1H3. The van der Waals surface area contributed by atoms with Gasteiger partial charge in [0, 0.05) is 25.4 Å². The highest BCUT2D eigenvalue weighted by Crippen LogP contribution is 2.32. The molecule has 1 fully saturated rings. The van der Waals surface area contributed by atoms with Gasteiger partial charge < -0.3 is 4.90 Å². The van der Waals surface area contributed by atoms with Gasteiger partial charge in [-0.1, -0.05) is 36.4 Å². The second-order valence-electron chi connectivity index (χ2n) is 7.35. The molecule has 0 saturated carbocycles. The Bertz CT molecular complexity index is 935. The van der Waals surface area contributed by atoms with E-state index in [4.69, 9.17) is 4.98 Å². The molecule has 1 aliphatic rings. The second-order valence-corrected chi connectivity index (χ2v) is 7.35. The van der Waals surface area contributed by atoms with Crippen LogP contribution >= 0.6 is 0 Å². The molecule has 0 N–H and O–H groups in total. The molecule has 0 bridgehead atoms. The Labute approximate surface area is 166 Å². The molecule has 5 nitrogen and oxygen atoms in total. The first-order chi connectivity index (χ1) is 13.7. The molecule has 5 heteroatoms. The van der Waals surface area contributed by atoms with Gasteiger partial charge in [-0.2, -0.15) is 0 Å². The number of rotatable bonds is 6. The van der Waals surface area contributed by atoms with Gasteiger partial charge in [0.1, 0.15) is 11.6 Å². The SMILES string of the molecule is Cc1nccn1-c1cccc(C2CCCN2C(=O)CCCc2ccccc2)n1. The van der Waals surface area contributed by atoms with Gasteiger partial charge in [-0.05, 0) is 50.3 Å². The normalized spacial score (nSPS) is 16.5. The van der Waals surface area contributed by atoms with Gasteiger partial charge in [0.15, 0.2) is 0 Å². The van der Waals surface area contributed by atoms with Gasteiger partial charge in [0.2, 0.25) is 5.91 Å². The van der Waals surface area contributed by atoms with E-state index in [1.165, 1.54) is 5.56 Å². The van der Waals surface area contributed by atoms with Crippen LogP contribution in [0.5, 0.6) is 0 Å². The van der Waals surface area contributed by atoms with E-state index in [1.54, 1.807) is 6.20 Å². The highest BCUT2D eigenvalue weighted by molar-refractivity contribution is 5.77. The summed E-state index contributed by atoms with van der Waals surface area (Å²) >= 11 is 0. The van der Waals surface area contributed by atoms with E-state index in [0.29, 0.717) is 6.42 Å². The molecule has 2 aromatic heterocycles. The largest absolute Gasteiger partial charge is 0.334 e. The fourth-order valence-corrected chi connectivity index (χ4v) is 3.98. The first-order valence-corrected chi connectivity index (χ1v) is 10.0. The van der Waals surface area contributed by atoms with Crippen LogP contribution in [0.3, 0.4) is 0 Å². The van der Waals surface area contributed by atoms with E-state index in [9.17, 15) is 4.79 Å². The van der Waals surface area contributed by atoms with E-state index >= 15 is 0 Å². The summed E-state index contributed by atoms with van der Waals surface area (Å²) in [4.78, 5) is 24.0. The molecule has 28 heavy (non-hydrogen) atoms. The van der Waals surface area contributed by atoms with Crippen molar-refractivity contribution >= 4 is 5.91 Å². The highest BCUT2D eigenvalue weighted by atomic mass is 16.2. The number of aryl methyl sites for hydroxylation is 2. The van der Waals surface area contributed by atoms with Crippen LogP contribution in [0.1, 0.15) is 48.8 Å². The van der Waals surface area contributed by atoms with Crippen molar-refractivity contribution in [2.45, 2.75) is 45.1 Å². The lowest BCUT2D eigenvalue weighted by atomic mass is 10.1. The van der Waals surface area contributed by atoms with E-state index in [2.05, 4.69) is 17.1 Å². The molecule has 3 aromatic rings. The third-order valence-electron chi connectivity index (χ3n) is 5.44. The maximum atomic E-state index is 12.9. The Morgan fingerprint density at radius 3 is 2.79 bits per heavy atom. The number of likely N-dealkylation sites (tertiary alicyclic amines) is 1. The summed E-state index contributed by atoms with van der Waals surface area (Å²) in [5.74, 6) is 2.00. The van der Waals surface area contributed by atoms with Crippen LogP contribution in [-0.4, -0.2) is 31.9 Å². The van der Waals surface area contributed by atoms with Gasteiger partial charge in [-0.25, -0.2) is 9.97 Å². The molecule has 1 atom stereocenters. The van der Waals surface area contributed by atoms with Crippen LogP contribution in [0.2, 0.25) is 0 Å². The molecule has 1 aromatic carbocycles. The number of aromatic nitrogens is 3. The maximum Gasteiger partial charge on any atom is 0.223 e. The minimum absolute atomic E-state index is 0.0769. The second kappa shape index (κ2) is 8.38. The average molecular weight is 374 g/mol. The minimum Gasteiger partial charge on any atom is -0.334 e. The number of imidazole rings is 1. The highest BCUT2D eigenvalue weighted by Gasteiger charge is 2.30.